The van der Waals surface area contributed by atoms with Crippen molar-refractivity contribution in [2.45, 2.75) is 38.9 Å². The van der Waals surface area contributed by atoms with Gasteiger partial charge in [0.05, 0.1) is 13.1 Å². The third-order valence-corrected chi connectivity index (χ3v) is 7.93. The Balaban J connectivity index is 1.55. The molecule has 0 bridgehead atoms. The normalized spacial score (nSPS) is 16.6. The summed E-state index contributed by atoms with van der Waals surface area (Å²) in [4.78, 5) is 37.0. The van der Waals surface area contributed by atoms with Gasteiger partial charge in [0.1, 0.15) is 0 Å². The van der Waals surface area contributed by atoms with E-state index >= 15 is 0 Å². The highest BCUT2D eigenvalue weighted by molar-refractivity contribution is 5.95. The van der Waals surface area contributed by atoms with Crippen molar-refractivity contribution in [2.75, 3.05) is 29.9 Å². The number of piperidine rings is 1. The molecule has 0 aliphatic carbocycles. The Hall–Kier alpha value is -4.55. The minimum atomic E-state index is -0.408. The van der Waals surface area contributed by atoms with E-state index in [4.69, 9.17) is 10.7 Å². The molecule has 9 heteroatoms. The minimum Gasteiger partial charge on any atom is -0.344 e. The Labute approximate surface area is 232 Å². The number of nitrogens with two attached hydrogens (primary N) is 1. The van der Waals surface area contributed by atoms with Gasteiger partial charge in [-0.15, -0.1) is 5.92 Å². The van der Waals surface area contributed by atoms with E-state index in [2.05, 4.69) is 45.9 Å². The molecule has 0 amide bonds. The smallest absolute Gasteiger partial charge is 0.332 e. The Morgan fingerprint density at radius 1 is 1.02 bits per heavy atom. The lowest BCUT2D eigenvalue weighted by Gasteiger charge is -2.31. The first-order valence-electron chi connectivity index (χ1n) is 13.6. The Kier molecular flexibility index (Phi) is 6.56. The average Bonchev–Trinajstić information content (AvgIpc) is 3.31. The van der Waals surface area contributed by atoms with E-state index in [9.17, 15) is 9.59 Å². The van der Waals surface area contributed by atoms with Crippen LogP contribution in [0.5, 0.6) is 0 Å². The molecule has 2 aromatic carbocycles. The van der Waals surface area contributed by atoms with Gasteiger partial charge in [0.2, 0.25) is 5.95 Å². The van der Waals surface area contributed by atoms with Crippen LogP contribution < -0.4 is 26.8 Å². The van der Waals surface area contributed by atoms with Crippen LogP contribution in [-0.2, 0) is 20.1 Å². The average molecular weight is 536 g/mol. The number of hydrogen-bond acceptors (Lipinski definition) is 6. The van der Waals surface area contributed by atoms with Crippen LogP contribution in [0, 0.1) is 11.8 Å². The molecule has 4 heterocycles. The van der Waals surface area contributed by atoms with Crippen molar-refractivity contribution >= 4 is 40.1 Å². The number of aryl methyl sites for hydroxylation is 1. The first kappa shape index (κ1) is 25.7. The standard InChI is InChI=1S/C31H33N7O2/c1-4-5-17-37-27-28(33-30(37)36-16-10-12-23(32)20-36)35(3)31(40)38(29(27)39)19-22-18-21-11-6-8-14-25(21)34(2)26-15-9-7-13-24(22)26/h6-9,11,13-15,18,23H,10,12,16-17,19-20,32H2,1-3H3. The SMILES string of the molecule is CC#CCn1c(N2CCCC(N)C2)nc2c1c(=O)n(CC1=Cc3ccccc3N(C)c3ccccc31)c(=O)n2C. The van der Waals surface area contributed by atoms with Crippen LogP contribution in [0.2, 0.25) is 0 Å². The first-order chi connectivity index (χ1) is 19.4. The van der Waals surface area contributed by atoms with Crippen LogP contribution in [0.25, 0.3) is 22.8 Å². The van der Waals surface area contributed by atoms with Crippen LogP contribution in [-0.4, -0.2) is 44.9 Å². The number of nitrogens with zero attached hydrogens (tertiary/aromatic N) is 6. The summed E-state index contributed by atoms with van der Waals surface area (Å²) in [7, 11) is 3.71. The number of allylic oxidation sites excluding steroid dienone is 1. The highest BCUT2D eigenvalue weighted by Crippen LogP contribution is 2.39. The third-order valence-electron chi connectivity index (χ3n) is 7.93. The van der Waals surface area contributed by atoms with Crippen molar-refractivity contribution < 1.29 is 0 Å². The molecule has 0 spiro atoms. The molecule has 1 unspecified atom stereocenters. The number of benzene rings is 2. The summed E-state index contributed by atoms with van der Waals surface area (Å²) in [6.45, 7) is 3.62. The number of aromatic nitrogens is 4. The van der Waals surface area contributed by atoms with Gasteiger partial charge in [0.25, 0.3) is 5.56 Å². The zero-order valence-electron chi connectivity index (χ0n) is 23.1. The number of para-hydroxylation sites is 2. The molecule has 1 atom stereocenters. The molecule has 2 aliphatic rings. The van der Waals surface area contributed by atoms with Crippen LogP contribution in [0.4, 0.5) is 17.3 Å². The Morgan fingerprint density at radius 3 is 2.55 bits per heavy atom. The molecule has 204 valence electrons. The van der Waals surface area contributed by atoms with Gasteiger partial charge in [-0.3, -0.25) is 18.5 Å². The number of anilines is 3. The van der Waals surface area contributed by atoms with E-state index in [-0.39, 0.29) is 18.1 Å². The predicted octanol–water partition coefficient (Wildman–Crippen LogP) is 3.17. The topological polar surface area (TPSA) is 94.3 Å². The summed E-state index contributed by atoms with van der Waals surface area (Å²) in [5.41, 5.74) is 11.2. The highest BCUT2D eigenvalue weighted by atomic mass is 16.2. The third kappa shape index (κ3) is 4.21. The van der Waals surface area contributed by atoms with E-state index in [0.29, 0.717) is 30.2 Å². The maximum atomic E-state index is 14.2. The fraction of sp³-hybridized carbons (Fsp3) is 0.323. The van der Waals surface area contributed by atoms with Crippen LogP contribution in [0.1, 0.15) is 30.9 Å². The van der Waals surface area contributed by atoms with E-state index < -0.39 is 5.69 Å². The molecule has 2 N–H and O–H groups in total. The Bertz CT molecular complexity index is 1830. The number of rotatable bonds is 4. The molecule has 0 radical (unpaired) electrons. The zero-order valence-corrected chi connectivity index (χ0v) is 23.1. The van der Waals surface area contributed by atoms with Crippen LogP contribution in [0.3, 0.4) is 0 Å². The molecular weight excluding hydrogens is 502 g/mol. The van der Waals surface area contributed by atoms with Gasteiger partial charge < -0.3 is 15.5 Å². The summed E-state index contributed by atoms with van der Waals surface area (Å²) in [6, 6.07) is 16.2. The molecule has 4 aromatic rings. The number of fused-ring (bicyclic) bond motifs is 3. The van der Waals surface area contributed by atoms with Crippen molar-refractivity contribution in [3.63, 3.8) is 0 Å². The van der Waals surface area contributed by atoms with Crippen molar-refractivity contribution in [1.29, 1.82) is 0 Å². The molecule has 2 aromatic heterocycles. The maximum absolute atomic E-state index is 14.2. The quantitative estimate of drug-likeness (QED) is 0.404. The second kappa shape index (κ2) is 10.2. The maximum Gasteiger partial charge on any atom is 0.332 e. The van der Waals surface area contributed by atoms with Gasteiger partial charge in [-0.1, -0.05) is 42.3 Å². The number of imidazole rings is 1. The molecule has 40 heavy (non-hydrogen) atoms. The molecule has 0 saturated carbocycles. The molecule has 1 saturated heterocycles. The molecule has 1 fully saturated rings. The molecule has 6 rings (SSSR count). The van der Waals surface area contributed by atoms with E-state index in [1.807, 2.05) is 41.9 Å². The number of hydrogen-bond donors (Lipinski definition) is 1. The van der Waals surface area contributed by atoms with Crippen LogP contribution in [0.15, 0.2) is 58.1 Å². The fourth-order valence-electron chi connectivity index (χ4n) is 5.89. The van der Waals surface area contributed by atoms with E-state index in [1.165, 1.54) is 9.13 Å². The van der Waals surface area contributed by atoms with Gasteiger partial charge in [-0.25, -0.2) is 4.79 Å². The fourth-order valence-corrected chi connectivity index (χ4v) is 5.89. The monoisotopic (exact) mass is 535 g/mol. The lowest BCUT2D eigenvalue weighted by molar-refractivity contribution is 0.496. The lowest BCUT2D eigenvalue weighted by Crippen LogP contribution is -2.44. The summed E-state index contributed by atoms with van der Waals surface area (Å²) >= 11 is 0. The summed E-state index contributed by atoms with van der Waals surface area (Å²) in [6.07, 6.45) is 3.97. The second-order valence-electron chi connectivity index (χ2n) is 10.5. The van der Waals surface area contributed by atoms with Gasteiger partial charge in [-0.2, -0.15) is 4.98 Å². The van der Waals surface area contributed by atoms with Crippen LogP contribution >= 0.6 is 0 Å². The summed E-state index contributed by atoms with van der Waals surface area (Å²) < 4.78 is 4.64. The van der Waals surface area contributed by atoms with Gasteiger partial charge in [0.15, 0.2) is 11.2 Å². The minimum absolute atomic E-state index is 0.0306. The zero-order chi connectivity index (χ0) is 28.0. The summed E-state index contributed by atoms with van der Waals surface area (Å²) in [5, 5.41) is 0. The molecular formula is C31H33N7O2. The largest absolute Gasteiger partial charge is 0.344 e. The highest BCUT2D eigenvalue weighted by Gasteiger charge is 2.27. The molecule has 9 nitrogen and oxygen atoms in total. The Morgan fingerprint density at radius 2 is 1.77 bits per heavy atom. The lowest BCUT2D eigenvalue weighted by atomic mass is 10.0. The van der Waals surface area contributed by atoms with Crippen molar-refractivity contribution in [2.24, 2.45) is 12.8 Å². The van der Waals surface area contributed by atoms with E-state index in [0.717, 1.165) is 47.5 Å². The van der Waals surface area contributed by atoms with Gasteiger partial charge in [0, 0.05) is 50.2 Å². The second-order valence-corrected chi connectivity index (χ2v) is 10.5. The van der Waals surface area contributed by atoms with Gasteiger partial charge in [-0.05, 0) is 49.1 Å². The van der Waals surface area contributed by atoms with Crippen molar-refractivity contribution in [1.82, 2.24) is 18.7 Å². The van der Waals surface area contributed by atoms with Crippen molar-refractivity contribution in [3.8, 4) is 11.8 Å². The predicted molar refractivity (Wildman–Crippen MR) is 161 cm³/mol. The first-order valence-corrected chi connectivity index (χ1v) is 13.6. The van der Waals surface area contributed by atoms with Crippen molar-refractivity contribution in [3.05, 3.63) is 80.5 Å². The van der Waals surface area contributed by atoms with Gasteiger partial charge >= 0.3 is 5.69 Å². The van der Waals surface area contributed by atoms with E-state index in [1.54, 1.807) is 14.0 Å². The summed E-state index contributed by atoms with van der Waals surface area (Å²) in [5.74, 6) is 6.66. The molecule has 2 aliphatic heterocycles.